The molecule has 8 heteroatoms. The Morgan fingerprint density at radius 3 is 1.62 bits per heavy atom. The third-order valence-corrected chi connectivity index (χ3v) is 4.91. The van der Waals surface area contributed by atoms with E-state index < -0.39 is 19.5 Å². The van der Waals surface area contributed by atoms with Crippen LogP contribution in [0, 0.1) is 0 Å². The molecule has 0 aliphatic heterocycles. The summed E-state index contributed by atoms with van der Waals surface area (Å²) in [6, 6.07) is 4.01. The summed E-state index contributed by atoms with van der Waals surface area (Å²) in [4.78, 5) is 24.2. The molecular formula is C16H23O7P. The van der Waals surface area contributed by atoms with Gasteiger partial charge in [0.25, 0.3) is 0 Å². The molecule has 1 aromatic rings. The van der Waals surface area contributed by atoms with Crippen molar-refractivity contribution in [3.8, 4) is 0 Å². The number of hydrogen-bond acceptors (Lipinski definition) is 7. The number of esters is 2. The van der Waals surface area contributed by atoms with E-state index in [0.717, 1.165) is 0 Å². The van der Waals surface area contributed by atoms with Crippen molar-refractivity contribution in [3.05, 3.63) is 29.3 Å². The van der Waals surface area contributed by atoms with E-state index in [1.54, 1.807) is 0 Å². The minimum absolute atomic E-state index is 0.0822. The van der Waals surface area contributed by atoms with E-state index in [1.807, 2.05) is 13.8 Å². The Morgan fingerprint density at radius 1 is 0.875 bits per heavy atom. The van der Waals surface area contributed by atoms with Crippen LogP contribution in [0.5, 0.6) is 0 Å². The fraction of sp³-hybridized carbons (Fsp3) is 0.500. The molecule has 0 spiro atoms. The maximum Gasteiger partial charge on any atom is 0.360 e. The second kappa shape index (κ2) is 9.57. The standard InChI is InChI=1S/C16H23O7P/c1-5-7-22-15(17)12-9-13(16(18)23-8-6-2)11-14(10-12)24(19,20-3)21-4/h9-11H,5-8H2,1-4H3. The molecule has 0 saturated carbocycles. The van der Waals surface area contributed by atoms with Crippen molar-refractivity contribution in [3.63, 3.8) is 0 Å². The second-order valence-electron chi connectivity index (χ2n) is 4.90. The number of benzene rings is 1. The van der Waals surface area contributed by atoms with Crippen LogP contribution < -0.4 is 5.30 Å². The summed E-state index contributed by atoms with van der Waals surface area (Å²) < 4.78 is 32.6. The van der Waals surface area contributed by atoms with Crippen molar-refractivity contribution < 1.29 is 32.7 Å². The van der Waals surface area contributed by atoms with Crippen molar-refractivity contribution in [1.82, 2.24) is 0 Å². The molecule has 0 heterocycles. The highest BCUT2D eigenvalue weighted by Gasteiger charge is 2.28. The Morgan fingerprint density at radius 2 is 1.29 bits per heavy atom. The van der Waals surface area contributed by atoms with E-state index in [4.69, 9.17) is 18.5 Å². The SMILES string of the molecule is CCCOC(=O)c1cc(C(=O)OCCC)cc(P(=O)(OC)OC)c1. The smallest absolute Gasteiger partial charge is 0.360 e. The summed E-state index contributed by atoms with van der Waals surface area (Å²) in [5.41, 5.74) is 0.164. The summed E-state index contributed by atoms with van der Waals surface area (Å²) in [7, 11) is -1.19. The predicted octanol–water partition coefficient (Wildman–Crippen LogP) is 2.93. The molecule has 7 nitrogen and oxygen atoms in total. The first-order valence-corrected chi connectivity index (χ1v) is 9.17. The zero-order chi connectivity index (χ0) is 18.2. The molecule has 1 aromatic carbocycles. The van der Waals surface area contributed by atoms with Gasteiger partial charge in [-0.1, -0.05) is 13.8 Å². The molecule has 24 heavy (non-hydrogen) atoms. The monoisotopic (exact) mass is 358 g/mol. The van der Waals surface area contributed by atoms with Crippen LogP contribution in [0.25, 0.3) is 0 Å². The average molecular weight is 358 g/mol. The molecule has 0 amide bonds. The molecule has 1 rings (SSSR count). The quantitative estimate of drug-likeness (QED) is 0.495. The van der Waals surface area contributed by atoms with E-state index in [9.17, 15) is 14.2 Å². The number of ether oxygens (including phenoxy) is 2. The normalized spacial score (nSPS) is 11.2. The molecule has 0 aromatic heterocycles. The van der Waals surface area contributed by atoms with Gasteiger partial charge in [0.05, 0.1) is 29.6 Å². The van der Waals surface area contributed by atoms with E-state index in [2.05, 4.69) is 0 Å². The molecule has 0 bridgehead atoms. The van der Waals surface area contributed by atoms with Gasteiger partial charge in [-0.25, -0.2) is 9.59 Å². The molecular weight excluding hydrogens is 335 g/mol. The van der Waals surface area contributed by atoms with Crippen LogP contribution in [-0.2, 0) is 23.1 Å². The van der Waals surface area contributed by atoms with Crippen molar-refractivity contribution in [2.45, 2.75) is 26.7 Å². The number of hydrogen-bond donors (Lipinski definition) is 0. The van der Waals surface area contributed by atoms with Crippen LogP contribution in [0.1, 0.15) is 47.4 Å². The molecule has 0 N–H and O–H groups in total. The van der Waals surface area contributed by atoms with E-state index in [0.29, 0.717) is 12.8 Å². The lowest BCUT2D eigenvalue weighted by Gasteiger charge is -2.16. The summed E-state index contributed by atoms with van der Waals surface area (Å²) in [5.74, 6) is -1.25. The minimum Gasteiger partial charge on any atom is -0.462 e. The Kier molecular flexibility index (Phi) is 8.11. The van der Waals surface area contributed by atoms with Gasteiger partial charge in [0.1, 0.15) is 0 Å². The zero-order valence-corrected chi connectivity index (χ0v) is 15.3. The lowest BCUT2D eigenvalue weighted by atomic mass is 10.1. The molecule has 0 fully saturated rings. The van der Waals surface area contributed by atoms with Gasteiger partial charge in [-0.2, -0.15) is 0 Å². The van der Waals surface area contributed by atoms with E-state index >= 15 is 0 Å². The van der Waals surface area contributed by atoms with Crippen LogP contribution in [-0.4, -0.2) is 39.4 Å². The highest BCUT2D eigenvalue weighted by atomic mass is 31.2. The van der Waals surface area contributed by atoms with Crippen LogP contribution in [0.3, 0.4) is 0 Å². The Bertz CT molecular complexity index is 581. The van der Waals surface area contributed by atoms with Crippen molar-refractivity contribution in [1.29, 1.82) is 0 Å². The molecule has 134 valence electrons. The fourth-order valence-corrected chi connectivity index (χ4v) is 3.01. The maximum atomic E-state index is 12.6. The molecule has 0 aliphatic carbocycles. The van der Waals surface area contributed by atoms with E-state index in [1.165, 1.54) is 32.4 Å². The largest absolute Gasteiger partial charge is 0.462 e. The summed E-state index contributed by atoms with van der Waals surface area (Å²) in [6.45, 7) is 4.21. The van der Waals surface area contributed by atoms with Crippen LogP contribution in [0.4, 0.5) is 0 Å². The van der Waals surface area contributed by atoms with Gasteiger partial charge in [-0.3, -0.25) is 4.57 Å². The Balaban J connectivity index is 3.31. The third kappa shape index (κ3) is 5.16. The van der Waals surface area contributed by atoms with Gasteiger partial charge < -0.3 is 18.5 Å². The third-order valence-electron chi connectivity index (χ3n) is 3.06. The lowest BCUT2D eigenvalue weighted by molar-refractivity contribution is 0.0503. The van der Waals surface area contributed by atoms with Crippen LogP contribution in [0.2, 0.25) is 0 Å². The van der Waals surface area contributed by atoms with Gasteiger partial charge in [0, 0.05) is 14.2 Å². The summed E-state index contributed by atoms with van der Waals surface area (Å²) in [5, 5.41) is 0.0851. The highest BCUT2D eigenvalue weighted by molar-refractivity contribution is 7.62. The van der Waals surface area contributed by atoms with Crippen molar-refractivity contribution in [2.24, 2.45) is 0 Å². The molecule has 0 atom stereocenters. The summed E-state index contributed by atoms with van der Waals surface area (Å²) in [6.07, 6.45) is 1.32. The fourth-order valence-electron chi connectivity index (χ4n) is 1.85. The van der Waals surface area contributed by atoms with Crippen molar-refractivity contribution >= 4 is 24.8 Å². The zero-order valence-electron chi connectivity index (χ0n) is 14.4. The van der Waals surface area contributed by atoms with Gasteiger partial charge >= 0.3 is 19.5 Å². The first-order chi connectivity index (χ1) is 11.4. The molecule has 0 radical (unpaired) electrons. The van der Waals surface area contributed by atoms with E-state index in [-0.39, 0.29) is 29.6 Å². The molecule has 0 unspecified atom stereocenters. The van der Waals surface area contributed by atoms with Crippen LogP contribution >= 0.6 is 7.60 Å². The number of rotatable bonds is 9. The minimum atomic E-state index is -3.63. The maximum absolute atomic E-state index is 12.6. The summed E-state index contributed by atoms with van der Waals surface area (Å²) >= 11 is 0. The molecule has 0 aliphatic rings. The lowest BCUT2D eigenvalue weighted by Crippen LogP contribution is -2.17. The first kappa shape index (κ1) is 20.4. The number of carbonyl (C=O) groups is 2. The Hall–Kier alpha value is -1.69. The van der Waals surface area contributed by atoms with Crippen molar-refractivity contribution in [2.75, 3.05) is 27.4 Å². The molecule has 0 saturated heterocycles. The number of carbonyl (C=O) groups excluding carboxylic acids is 2. The van der Waals surface area contributed by atoms with Gasteiger partial charge in [0.15, 0.2) is 0 Å². The Labute approximate surface area is 141 Å². The van der Waals surface area contributed by atoms with Crippen LogP contribution in [0.15, 0.2) is 18.2 Å². The van der Waals surface area contributed by atoms with Gasteiger partial charge in [-0.05, 0) is 31.0 Å². The van der Waals surface area contributed by atoms with Gasteiger partial charge in [-0.15, -0.1) is 0 Å². The predicted molar refractivity (Wildman–Crippen MR) is 88.8 cm³/mol. The highest BCUT2D eigenvalue weighted by Crippen LogP contribution is 2.45. The first-order valence-electron chi connectivity index (χ1n) is 7.63. The van der Waals surface area contributed by atoms with Gasteiger partial charge in [0.2, 0.25) is 0 Å². The second-order valence-corrected chi connectivity index (χ2v) is 7.14. The topological polar surface area (TPSA) is 88.1 Å². The average Bonchev–Trinajstić information content (AvgIpc) is 2.62.